The Balaban J connectivity index is 2.53. The molecule has 0 N–H and O–H groups in total. The molecule has 32 heavy (non-hydrogen) atoms. The molecule has 6 atom stereocenters. The molecule has 0 aromatic carbocycles. The van der Waals surface area contributed by atoms with Crippen LogP contribution in [0.15, 0.2) is 12.7 Å². The van der Waals surface area contributed by atoms with Gasteiger partial charge in [0, 0.05) is 21.0 Å². The van der Waals surface area contributed by atoms with E-state index < -0.39 is 24.5 Å². The fraction of sp³-hybridized carbons (Fsp3) is 0.818. The predicted octanol–water partition coefficient (Wildman–Crippen LogP) is 1.64. The molecule has 0 spiro atoms. The number of ether oxygens (including phenoxy) is 8. The number of carbonyl (C=O) groups is 2. The number of rotatable bonds is 16. The van der Waals surface area contributed by atoms with Crippen LogP contribution in [0.1, 0.15) is 34.1 Å². The van der Waals surface area contributed by atoms with Crippen molar-refractivity contribution in [3.05, 3.63) is 12.7 Å². The van der Waals surface area contributed by atoms with Gasteiger partial charge in [0.15, 0.2) is 6.29 Å². The molecule has 1 aliphatic rings. The summed E-state index contributed by atoms with van der Waals surface area (Å²) in [5.74, 6) is -0.765. The first-order valence-corrected chi connectivity index (χ1v) is 10.8. The number of carbonyl (C=O) groups excluding carboxylic acids is 2. The number of methoxy groups -OCH3 is 1. The van der Waals surface area contributed by atoms with Crippen LogP contribution in [0.5, 0.6) is 0 Å². The molecule has 1 saturated heterocycles. The zero-order valence-corrected chi connectivity index (χ0v) is 19.8. The SMILES string of the molecule is C=CCOCC(COC(C)CO[C@H]1C(OCC(C)OC(C)=O)CCO[C@H]1OC)OC(C)=O. The van der Waals surface area contributed by atoms with Gasteiger partial charge in [0.05, 0.1) is 51.8 Å². The molecule has 10 heteroatoms. The maximum atomic E-state index is 11.3. The van der Waals surface area contributed by atoms with Gasteiger partial charge >= 0.3 is 11.9 Å². The normalized spacial score (nSPS) is 23.7. The molecule has 0 amide bonds. The lowest BCUT2D eigenvalue weighted by Gasteiger charge is -2.37. The summed E-state index contributed by atoms with van der Waals surface area (Å²) in [7, 11) is 1.54. The molecular weight excluding hydrogens is 424 g/mol. The summed E-state index contributed by atoms with van der Waals surface area (Å²) in [6, 6.07) is 0. The van der Waals surface area contributed by atoms with Crippen molar-refractivity contribution in [1.82, 2.24) is 0 Å². The van der Waals surface area contributed by atoms with E-state index in [2.05, 4.69) is 6.58 Å². The quantitative estimate of drug-likeness (QED) is 0.191. The van der Waals surface area contributed by atoms with Crippen molar-refractivity contribution in [3.63, 3.8) is 0 Å². The van der Waals surface area contributed by atoms with Gasteiger partial charge in [0.25, 0.3) is 0 Å². The summed E-state index contributed by atoms with van der Waals surface area (Å²) >= 11 is 0. The molecule has 4 unspecified atom stereocenters. The summed E-state index contributed by atoms with van der Waals surface area (Å²) in [4.78, 5) is 22.4. The minimum Gasteiger partial charge on any atom is -0.460 e. The molecule has 0 aliphatic carbocycles. The molecule has 1 aliphatic heterocycles. The highest BCUT2D eigenvalue weighted by Crippen LogP contribution is 2.22. The topological polar surface area (TPSA) is 108 Å². The lowest BCUT2D eigenvalue weighted by atomic mass is 10.1. The second-order valence-corrected chi connectivity index (χ2v) is 7.55. The van der Waals surface area contributed by atoms with Crippen LogP contribution in [0.25, 0.3) is 0 Å². The van der Waals surface area contributed by atoms with E-state index >= 15 is 0 Å². The third kappa shape index (κ3) is 11.9. The predicted molar refractivity (Wildman–Crippen MR) is 114 cm³/mol. The van der Waals surface area contributed by atoms with E-state index in [1.54, 1.807) is 13.0 Å². The molecule has 0 aromatic heterocycles. The van der Waals surface area contributed by atoms with Gasteiger partial charge in [0.2, 0.25) is 0 Å². The third-order valence-corrected chi connectivity index (χ3v) is 4.43. The average Bonchev–Trinajstić information content (AvgIpc) is 2.73. The molecule has 1 fully saturated rings. The third-order valence-electron chi connectivity index (χ3n) is 4.43. The molecule has 1 heterocycles. The lowest BCUT2D eigenvalue weighted by Crippen LogP contribution is -2.49. The van der Waals surface area contributed by atoms with Crippen molar-refractivity contribution in [1.29, 1.82) is 0 Å². The van der Waals surface area contributed by atoms with Gasteiger partial charge in [-0.1, -0.05) is 6.08 Å². The second-order valence-electron chi connectivity index (χ2n) is 7.55. The summed E-state index contributed by atoms with van der Waals surface area (Å²) in [5.41, 5.74) is 0. The Morgan fingerprint density at radius 3 is 2.34 bits per heavy atom. The maximum Gasteiger partial charge on any atom is 0.303 e. The first kappa shape index (κ1) is 28.5. The van der Waals surface area contributed by atoms with Crippen molar-refractivity contribution in [2.75, 3.05) is 46.8 Å². The lowest BCUT2D eigenvalue weighted by molar-refractivity contribution is -0.261. The van der Waals surface area contributed by atoms with E-state index in [9.17, 15) is 9.59 Å². The van der Waals surface area contributed by atoms with Crippen LogP contribution in [0.2, 0.25) is 0 Å². The summed E-state index contributed by atoms with van der Waals surface area (Å²) in [6.07, 6.45) is -0.337. The maximum absolute atomic E-state index is 11.3. The Hall–Kier alpha value is -1.56. The van der Waals surface area contributed by atoms with E-state index in [0.29, 0.717) is 19.6 Å². The van der Waals surface area contributed by atoms with Crippen LogP contribution in [0, 0.1) is 0 Å². The van der Waals surface area contributed by atoms with Gasteiger partial charge in [0.1, 0.15) is 18.3 Å². The number of hydrogen-bond donors (Lipinski definition) is 0. The first-order chi connectivity index (χ1) is 15.3. The van der Waals surface area contributed by atoms with E-state index in [0.717, 1.165) is 0 Å². The summed E-state index contributed by atoms with van der Waals surface area (Å²) in [6.45, 7) is 11.6. The van der Waals surface area contributed by atoms with Crippen molar-refractivity contribution in [3.8, 4) is 0 Å². The highest BCUT2D eigenvalue weighted by atomic mass is 16.7. The number of esters is 2. The highest BCUT2D eigenvalue weighted by Gasteiger charge is 2.37. The van der Waals surface area contributed by atoms with Gasteiger partial charge in [-0.15, -0.1) is 6.58 Å². The Kier molecular flexibility index (Phi) is 14.3. The van der Waals surface area contributed by atoms with Crippen LogP contribution in [-0.4, -0.2) is 95.5 Å². The fourth-order valence-electron chi connectivity index (χ4n) is 3.08. The fourth-order valence-corrected chi connectivity index (χ4v) is 3.08. The van der Waals surface area contributed by atoms with Crippen molar-refractivity contribution < 1.29 is 47.5 Å². The van der Waals surface area contributed by atoms with E-state index in [-0.39, 0.29) is 50.7 Å². The molecule has 0 radical (unpaired) electrons. The highest BCUT2D eigenvalue weighted by molar-refractivity contribution is 5.66. The Bertz CT molecular complexity index is 555. The van der Waals surface area contributed by atoms with Crippen LogP contribution in [-0.2, 0) is 47.5 Å². The van der Waals surface area contributed by atoms with Crippen LogP contribution < -0.4 is 0 Å². The first-order valence-electron chi connectivity index (χ1n) is 10.8. The monoisotopic (exact) mass is 462 g/mol. The van der Waals surface area contributed by atoms with Gasteiger partial charge in [-0.25, -0.2) is 0 Å². The molecule has 1 rings (SSSR count). The molecule has 0 bridgehead atoms. The molecule has 0 aromatic rings. The van der Waals surface area contributed by atoms with Gasteiger partial charge < -0.3 is 37.9 Å². The zero-order chi connectivity index (χ0) is 23.9. The van der Waals surface area contributed by atoms with Crippen molar-refractivity contribution in [2.24, 2.45) is 0 Å². The zero-order valence-electron chi connectivity index (χ0n) is 19.8. The van der Waals surface area contributed by atoms with Crippen molar-refractivity contribution in [2.45, 2.75) is 70.9 Å². The summed E-state index contributed by atoms with van der Waals surface area (Å²) in [5, 5.41) is 0. The Morgan fingerprint density at radius 2 is 1.72 bits per heavy atom. The van der Waals surface area contributed by atoms with E-state index in [1.165, 1.54) is 21.0 Å². The van der Waals surface area contributed by atoms with E-state index in [4.69, 9.17) is 37.9 Å². The Labute approximate surface area is 190 Å². The minimum atomic E-state index is -0.592. The summed E-state index contributed by atoms with van der Waals surface area (Å²) < 4.78 is 44.5. The second kappa shape index (κ2) is 16.1. The molecule has 10 nitrogen and oxygen atoms in total. The molecule has 186 valence electrons. The van der Waals surface area contributed by atoms with Crippen LogP contribution >= 0.6 is 0 Å². The average molecular weight is 463 g/mol. The van der Waals surface area contributed by atoms with Crippen molar-refractivity contribution >= 4 is 11.9 Å². The van der Waals surface area contributed by atoms with Crippen LogP contribution in [0.3, 0.4) is 0 Å². The van der Waals surface area contributed by atoms with Gasteiger partial charge in [-0.05, 0) is 20.3 Å². The smallest absolute Gasteiger partial charge is 0.303 e. The minimum absolute atomic E-state index is 0.163. The largest absolute Gasteiger partial charge is 0.460 e. The van der Waals surface area contributed by atoms with E-state index in [1.807, 2.05) is 6.92 Å². The molecular formula is C22H38O10. The molecule has 0 saturated carbocycles. The van der Waals surface area contributed by atoms with Crippen LogP contribution in [0.4, 0.5) is 0 Å². The van der Waals surface area contributed by atoms with Gasteiger partial charge in [-0.3, -0.25) is 9.59 Å². The number of hydrogen-bond acceptors (Lipinski definition) is 10. The Morgan fingerprint density at radius 1 is 1.03 bits per heavy atom. The standard InChI is InChI=1S/C22H38O10/c1-7-9-26-13-19(32-18(5)24)14-28-15(2)11-30-21-20(8-10-27-22(21)25-6)29-12-16(3)31-17(4)23/h7,15-16,19-22H,1,8-14H2,2-6H3/t15?,16?,19?,20?,21-,22+/m0/s1. The van der Waals surface area contributed by atoms with Gasteiger partial charge in [-0.2, -0.15) is 0 Å².